The van der Waals surface area contributed by atoms with Crippen LogP contribution in [0, 0.1) is 6.92 Å². The maximum Gasteiger partial charge on any atom is 0.234 e. The van der Waals surface area contributed by atoms with Gasteiger partial charge in [-0.25, -0.2) is 0 Å². The molecule has 0 aliphatic heterocycles. The van der Waals surface area contributed by atoms with Gasteiger partial charge in [0.05, 0.1) is 5.75 Å². The molecule has 1 aromatic heterocycles. The second kappa shape index (κ2) is 8.71. The first-order valence-corrected chi connectivity index (χ1v) is 10.4. The lowest BCUT2D eigenvalue weighted by atomic mass is 10.1. The van der Waals surface area contributed by atoms with E-state index in [0.717, 1.165) is 39.1 Å². The van der Waals surface area contributed by atoms with E-state index in [4.69, 9.17) is 0 Å². The third-order valence-corrected chi connectivity index (χ3v) is 5.82. The molecule has 1 heterocycles. The largest absolute Gasteiger partial charge is 0.325 e. The van der Waals surface area contributed by atoms with Gasteiger partial charge >= 0.3 is 0 Å². The van der Waals surface area contributed by atoms with E-state index < -0.39 is 0 Å². The van der Waals surface area contributed by atoms with Crippen LogP contribution in [-0.2, 0) is 18.3 Å². The van der Waals surface area contributed by atoms with E-state index in [1.165, 1.54) is 11.8 Å². The number of hydrogen-bond donors (Lipinski definition) is 1. The first-order chi connectivity index (χ1) is 13.0. The third kappa shape index (κ3) is 4.59. The van der Waals surface area contributed by atoms with Crippen LogP contribution < -0.4 is 5.32 Å². The number of rotatable bonds is 6. The summed E-state index contributed by atoms with van der Waals surface area (Å²) in [6.45, 7) is 4.09. The molecule has 5 nitrogen and oxygen atoms in total. The quantitative estimate of drug-likeness (QED) is 0.552. The summed E-state index contributed by atoms with van der Waals surface area (Å²) in [6.07, 6.45) is 0.879. The van der Waals surface area contributed by atoms with Crippen LogP contribution in [0.2, 0.25) is 0 Å². The van der Waals surface area contributed by atoms with E-state index in [1.54, 1.807) is 0 Å². The van der Waals surface area contributed by atoms with Gasteiger partial charge in [-0.1, -0.05) is 64.9 Å². The number of nitrogens with zero attached hydrogens (tertiary/aromatic N) is 3. The Balaban J connectivity index is 1.67. The minimum atomic E-state index is -0.0443. The fraction of sp³-hybridized carbons (Fsp3) is 0.250. The number of carbonyl (C=O) groups is 1. The third-order valence-electron chi connectivity index (χ3n) is 4.27. The Morgan fingerprint density at radius 3 is 2.63 bits per heavy atom. The van der Waals surface area contributed by atoms with Crippen molar-refractivity contribution in [2.75, 3.05) is 11.1 Å². The lowest BCUT2D eigenvalue weighted by Crippen LogP contribution is -2.16. The van der Waals surface area contributed by atoms with Gasteiger partial charge in [-0.2, -0.15) is 0 Å². The Bertz CT molecular complexity index is 953. The number of benzene rings is 2. The zero-order valence-corrected chi connectivity index (χ0v) is 17.9. The van der Waals surface area contributed by atoms with Gasteiger partial charge in [0.25, 0.3) is 0 Å². The first kappa shape index (κ1) is 19.6. The van der Waals surface area contributed by atoms with Crippen molar-refractivity contribution in [3.05, 3.63) is 58.1 Å². The number of aromatic nitrogens is 3. The number of halogens is 1. The monoisotopic (exact) mass is 444 g/mol. The highest BCUT2D eigenvalue weighted by molar-refractivity contribution is 9.10. The van der Waals surface area contributed by atoms with Gasteiger partial charge in [-0.05, 0) is 36.6 Å². The molecule has 2 aromatic carbocycles. The van der Waals surface area contributed by atoms with Crippen LogP contribution in [0.1, 0.15) is 18.1 Å². The van der Waals surface area contributed by atoms with Crippen LogP contribution in [0.25, 0.3) is 11.4 Å². The van der Waals surface area contributed by atoms with E-state index >= 15 is 0 Å². The van der Waals surface area contributed by atoms with E-state index in [9.17, 15) is 4.79 Å². The average molecular weight is 445 g/mol. The highest BCUT2D eigenvalue weighted by atomic mass is 79.9. The van der Waals surface area contributed by atoms with E-state index in [1.807, 2.05) is 61.0 Å². The Kier molecular flexibility index (Phi) is 6.34. The van der Waals surface area contributed by atoms with Crippen molar-refractivity contribution < 1.29 is 4.79 Å². The molecule has 0 bridgehead atoms. The molecule has 0 saturated heterocycles. The summed E-state index contributed by atoms with van der Waals surface area (Å²) >= 11 is 4.81. The standard InChI is InChI=1S/C20H21BrN4OS/c1-4-14-7-5-6-13(2)18(14)22-17(26)12-27-20-24-23-19(25(20)3)15-8-10-16(21)11-9-15/h5-11H,4,12H2,1-3H3,(H,22,26). The molecule has 0 saturated carbocycles. The maximum absolute atomic E-state index is 12.4. The van der Waals surface area contributed by atoms with Crippen molar-refractivity contribution in [3.8, 4) is 11.4 Å². The number of thioether (sulfide) groups is 1. The summed E-state index contributed by atoms with van der Waals surface area (Å²) < 4.78 is 2.93. The number of carbonyl (C=O) groups excluding carboxylic acids is 1. The number of aryl methyl sites for hydroxylation is 2. The summed E-state index contributed by atoms with van der Waals surface area (Å²) in [4.78, 5) is 12.4. The molecule has 0 atom stereocenters. The molecule has 7 heteroatoms. The molecule has 0 unspecified atom stereocenters. The molecule has 140 valence electrons. The summed E-state index contributed by atoms with van der Waals surface area (Å²) in [7, 11) is 1.91. The lowest BCUT2D eigenvalue weighted by molar-refractivity contribution is -0.113. The van der Waals surface area contributed by atoms with Crippen molar-refractivity contribution in [1.82, 2.24) is 14.8 Å². The molecule has 0 aliphatic carbocycles. The number of para-hydroxylation sites is 1. The Morgan fingerprint density at radius 2 is 1.93 bits per heavy atom. The molecule has 1 amide bonds. The van der Waals surface area contributed by atoms with Gasteiger partial charge in [-0.3, -0.25) is 4.79 Å². The van der Waals surface area contributed by atoms with Gasteiger partial charge < -0.3 is 9.88 Å². The van der Waals surface area contributed by atoms with E-state index in [0.29, 0.717) is 5.16 Å². The number of nitrogens with one attached hydrogen (secondary N) is 1. The molecule has 0 spiro atoms. The molecular formula is C20H21BrN4OS. The van der Waals surface area contributed by atoms with Crippen LogP contribution in [0.5, 0.6) is 0 Å². The van der Waals surface area contributed by atoms with E-state index in [-0.39, 0.29) is 11.7 Å². The Morgan fingerprint density at radius 1 is 1.19 bits per heavy atom. The van der Waals surface area contributed by atoms with Crippen LogP contribution in [0.15, 0.2) is 52.1 Å². The van der Waals surface area contributed by atoms with Crippen molar-refractivity contribution in [3.63, 3.8) is 0 Å². The Hall–Kier alpha value is -2.12. The van der Waals surface area contributed by atoms with Gasteiger partial charge in [-0.15, -0.1) is 10.2 Å². The Labute approximate surface area is 171 Å². The fourth-order valence-electron chi connectivity index (χ4n) is 2.80. The summed E-state index contributed by atoms with van der Waals surface area (Å²) in [5.74, 6) is 1.01. The fourth-order valence-corrected chi connectivity index (χ4v) is 3.77. The number of amides is 1. The van der Waals surface area contributed by atoms with Crippen LogP contribution in [-0.4, -0.2) is 26.4 Å². The highest BCUT2D eigenvalue weighted by Gasteiger charge is 2.14. The summed E-state index contributed by atoms with van der Waals surface area (Å²) in [5.41, 5.74) is 4.12. The second-order valence-corrected chi connectivity index (χ2v) is 8.03. The molecule has 3 aromatic rings. The average Bonchev–Trinajstić information content (AvgIpc) is 3.03. The predicted octanol–water partition coefficient (Wildman–Crippen LogP) is 4.85. The second-order valence-electron chi connectivity index (χ2n) is 6.17. The highest BCUT2D eigenvalue weighted by Crippen LogP contribution is 2.25. The maximum atomic E-state index is 12.4. The van der Waals surface area contributed by atoms with Crippen LogP contribution >= 0.6 is 27.7 Å². The number of anilines is 1. The molecule has 0 radical (unpaired) electrons. The van der Waals surface area contributed by atoms with Crippen molar-refractivity contribution >= 4 is 39.3 Å². The minimum absolute atomic E-state index is 0.0443. The van der Waals surface area contributed by atoms with Gasteiger partial charge in [0.1, 0.15) is 0 Å². The lowest BCUT2D eigenvalue weighted by Gasteiger charge is -2.12. The summed E-state index contributed by atoms with van der Waals surface area (Å²) in [6, 6.07) is 14.0. The zero-order valence-electron chi connectivity index (χ0n) is 15.5. The summed E-state index contributed by atoms with van der Waals surface area (Å²) in [5, 5.41) is 12.2. The van der Waals surface area contributed by atoms with E-state index in [2.05, 4.69) is 38.4 Å². The number of hydrogen-bond acceptors (Lipinski definition) is 4. The normalized spacial score (nSPS) is 10.8. The topological polar surface area (TPSA) is 59.8 Å². The molecule has 0 fully saturated rings. The van der Waals surface area contributed by atoms with Crippen molar-refractivity contribution in [2.24, 2.45) is 7.05 Å². The molecule has 0 aliphatic rings. The zero-order chi connectivity index (χ0) is 19.4. The van der Waals surface area contributed by atoms with Gasteiger partial charge in [0.2, 0.25) is 5.91 Å². The van der Waals surface area contributed by atoms with Crippen molar-refractivity contribution in [2.45, 2.75) is 25.4 Å². The molecule has 1 N–H and O–H groups in total. The SMILES string of the molecule is CCc1cccc(C)c1NC(=O)CSc1nnc(-c2ccc(Br)cc2)n1C. The van der Waals surface area contributed by atoms with Gasteiger partial charge in [0, 0.05) is 22.8 Å². The molecule has 27 heavy (non-hydrogen) atoms. The van der Waals surface area contributed by atoms with Crippen LogP contribution in [0.3, 0.4) is 0 Å². The molecular weight excluding hydrogens is 424 g/mol. The predicted molar refractivity (Wildman–Crippen MR) is 114 cm³/mol. The smallest absolute Gasteiger partial charge is 0.234 e. The minimum Gasteiger partial charge on any atom is -0.325 e. The first-order valence-electron chi connectivity index (χ1n) is 8.66. The van der Waals surface area contributed by atoms with Crippen LogP contribution in [0.4, 0.5) is 5.69 Å². The molecule has 3 rings (SSSR count). The van der Waals surface area contributed by atoms with Crippen molar-refractivity contribution in [1.29, 1.82) is 0 Å². The van der Waals surface area contributed by atoms with Gasteiger partial charge in [0.15, 0.2) is 11.0 Å².